The lowest BCUT2D eigenvalue weighted by Gasteiger charge is -2.06. The number of aromatic nitrogens is 2. The molecule has 0 saturated carbocycles. The Morgan fingerprint density at radius 1 is 1.25 bits per heavy atom. The average Bonchev–Trinajstić information content (AvgIpc) is 2.46. The van der Waals surface area contributed by atoms with E-state index >= 15 is 0 Å². The monoisotopic (exact) mass is 289 g/mol. The second-order valence-corrected chi connectivity index (χ2v) is 4.87. The van der Waals surface area contributed by atoms with Crippen LogP contribution in [0.5, 0.6) is 0 Å². The van der Waals surface area contributed by atoms with Crippen LogP contribution in [0.3, 0.4) is 0 Å². The van der Waals surface area contributed by atoms with Crippen LogP contribution in [0.4, 0.5) is 5.69 Å². The third kappa shape index (κ3) is 4.03. The topological polar surface area (TPSA) is 54.9 Å². The molecule has 0 unspecified atom stereocenters. The number of nitrogens with one attached hydrogen (secondary N) is 1. The van der Waals surface area contributed by atoms with Crippen LogP contribution in [0.2, 0.25) is 5.15 Å². The zero-order chi connectivity index (χ0) is 14.4. The summed E-state index contributed by atoms with van der Waals surface area (Å²) >= 11 is 5.71. The van der Waals surface area contributed by atoms with Gasteiger partial charge in [-0.25, -0.2) is 4.98 Å². The molecular formula is C15H16ClN3O. The van der Waals surface area contributed by atoms with Gasteiger partial charge in [0.2, 0.25) is 0 Å². The van der Waals surface area contributed by atoms with Gasteiger partial charge in [-0.1, -0.05) is 37.1 Å². The average molecular weight is 290 g/mol. The van der Waals surface area contributed by atoms with E-state index in [0.717, 1.165) is 12.1 Å². The highest BCUT2D eigenvalue weighted by molar-refractivity contribution is 6.29. The van der Waals surface area contributed by atoms with Crippen molar-refractivity contribution in [3.63, 3.8) is 0 Å². The lowest BCUT2D eigenvalue weighted by Crippen LogP contribution is -2.14. The fraction of sp³-hybridized carbons (Fsp3) is 0.267. The van der Waals surface area contributed by atoms with E-state index in [1.165, 1.54) is 30.8 Å². The van der Waals surface area contributed by atoms with E-state index in [2.05, 4.69) is 22.2 Å². The van der Waals surface area contributed by atoms with Gasteiger partial charge in [0.25, 0.3) is 5.91 Å². The minimum Gasteiger partial charge on any atom is -0.321 e. The molecule has 0 fully saturated rings. The molecule has 0 atom stereocenters. The Morgan fingerprint density at radius 2 is 2.00 bits per heavy atom. The summed E-state index contributed by atoms with van der Waals surface area (Å²) in [5.74, 6) is -0.318. The van der Waals surface area contributed by atoms with E-state index in [1.807, 2.05) is 24.3 Å². The van der Waals surface area contributed by atoms with Crippen LogP contribution in [0.25, 0.3) is 0 Å². The third-order valence-corrected chi connectivity index (χ3v) is 3.05. The zero-order valence-corrected chi connectivity index (χ0v) is 12.0. The molecule has 1 N–H and O–H groups in total. The summed E-state index contributed by atoms with van der Waals surface area (Å²) in [5.41, 5.74) is 2.21. The lowest BCUT2D eigenvalue weighted by atomic mass is 10.1. The Balaban J connectivity index is 2.01. The summed E-state index contributed by atoms with van der Waals surface area (Å²) in [5, 5.41) is 2.97. The van der Waals surface area contributed by atoms with Crippen LogP contribution < -0.4 is 5.32 Å². The van der Waals surface area contributed by atoms with E-state index in [1.54, 1.807) is 0 Å². The van der Waals surface area contributed by atoms with Crippen molar-refractivity contribution in [3.05, 3.63) is 53.1 Å². The Morgan fingerprint density at radius 3 is 2.65 bits per heavy atom. The lowest BCUT2D eigenvalue weighted by molar-refractivity contribution is 0.102. The van der Waals surface area contributed by atoms with Crippen LogP contribution in [-0.4, -0.2) is 15.9 Å². The molecule has 5 heteroatoms. The van der Waals surface area contributed by atoms with Gasteiger partial charge < -0.3 is 5.32 Å². The first-order chi connectivity index (χ1) is 9.69. The number of nitrogens with zero attached hydrogens (tertiary/aromatic N) is 2. The molecule has 0 aliphatic heterocycles. The first-order valence-electron chi connectivity index (χ1n) is 6.57. The van der Waals surface area contributed by atoms with Crippen molar-refractivity contribution in [2.75, 3.05) is 5.32 Å². The molecule has 0 aliphatic carbocycles. The van der Waals surface area contributed by atoms with Crippen LogP contribution in [0, 0.1) is 0 Å². The molecule has 1 aromatic carbocycles. The van der Waals surface area contributed by atoms with Gasteiger partial charge in [-0.2, -0.15) is 0 Å². The molecule has 2 rings (SSSR count). The predicted molar refractivity (Wildman–Crippen MR) is 80.0 cm³/mol. The molecule has 1 aromatic heterocycles. The van der Waals surface area contributed by atoms with Gasteiger partial charge in [0.05, 0.1) is 12.4 Å². The smallest absolute Gasteiger partial charge is 0.275 e. The van der Waals surface area contributed by atoms with Gasteiger partial charge in [-0.15, -0.1) is 0 Å². The summed E-state index contributed by atoms with van der Waals surface area (Å²) in [7, 11) is 0. The molecule has 1 amide bonds. The SMILES string of the molecule is CCCCc1ccc(NC(=O)c2cncc(Cl)n2)cc1. The quantitative estimate of drug-likeness (QED) is 0.912. The van der Waals surface area contributed by atoms with Gasteiger partial charge in [0.1, 0.15) is 10.8 Å². The largest absolute Gasteiger partial charge is 0.321 e. The molecule has 1 heterocycles. The molecule has 20 heavy (non-hydrogen) atoms. The van der Waals surface area contributed by atoms with Crippen LogP contribution in [0.15, 0.2) is 36.7 Å². The number of benzene rings is 1. The summed E-state index contributed by atoms with van der Waals surface area (Å²) in [6.07, 6.45) is 6.18. The summed E-state index contributed by atoms with van der Waals surface area (Å²) < 4.78 is 0. The normalized spacial score (nSPS) is 10.3. The molecule has 0 bridgehead atoms. The van der Waals surface area contributed by atoms with E-state index in [9.17, 15) is 4.79 Å². The van der Waals surface area contributed by atoms with Crippen molar-refractivity contribution in [2.24, 2.45) is 0 Å². The number of hydrogen-bond acceptors (Lipinski definition) is 3. The highest BCUT2D eigenvalue weighted by Gasteiger charge is 2.08. The Kier molecular flexibility index (Phi) is 5.07. The predicted octanol–water partition coefficient (Wildman–Crippen LogP) is 3.72. The number of rotatable bonds is 5. The van der Waals surface area contributed by atoms with E-state index < -0.39 is 0 Å². The van der Waals surface area contributed by atoms with Crippen molar-refractivity contribution in [1.82, 2.24) is 9.97 Å². The summed E-state index contributed by atoms with van der Waals surface area (Å²) in [6.45, 7) is 2.17. The van der Waals surface area contributed by atoms with E-state index in [4.69, 9.17) is 11.6 Å². The maximum Gasteiger partial charge on any atom is 0.275 e. The molecule has 0 radical (unpaired) electrons. The number of hydrogen-bond donors (Lipinski definition) is 1. The van der Waals surface area contributed by atoms with Crippen molar-refractivity contribution in [1.29, 1.82) is 0 Å². The Labute approximate surface area is 123 Å². The molecule has 0 aliphatic rings. The fourth-order valence-corrected chi connectivity index (χ4v) is 1.93. The summed E-state index contributed by atoms with van der Waals surface area (Å²) in [6, 6.07) is 7.82. The maximum atomic E-state index is 12.0. The summed E-state index contributed by atoms with van der Waals surface area (Å²) in [4.78, 5) is 19.7. The van der Waals surface area contributed by atoms with Gasteiger partial charge >= 0.3 is 0 Å². The number of amides is 1. The van der Waals surface area contributed by atoms with Crippen LogP contribution >= 0.6 is 11.6 Å². The van der Waals surface area contributed by atoms with Gasteiger partial charge in [-0.05, 0) is 30.5 Å². The molecule has 0 spiro atoms. The highest BCUT2D eigenvalue weighted by Crippen LogP contribution is 2.13. The molecule has 104 valence electrons. The number of halogens is 1. The molecule has 2 aromatic rings. The minimum absolute atomic E-state index is 0.201. The van der Waals surface area contributed by atoms with Gasteiger partial charge in [0, 0.05) is 5.69 Å². The number of aryl methyl sites for hydroxylation is 1. The second kappa shape index (κ2) is 7.01. The van der Waals surface area contributed by atoms with Crippen molar-refractivity contribution < 1.29 is 4.79 Å². The highest BCUT2D eigenvalue weighted by atomic mass is 35.5. The van der Waals surface area contributed by atoms with Crippen molar-refractivity contribution >= 4 is 23.2 Å². The fourth-order valence-electron chi connectivity index (χ4n) is 1.78. The number of unbranched alkanes of at least 4 members (excludes halogenated alkanes) is 1. The molecule has 4 nitrogen and oxygen atoms in total. The van der Waals surface area contributed by atoms with E-state index in [0.29, 0.717) is 0 Å². The van der Waals surface area contributed by atoms with Crippen molar-refractivity contribution in [3.8, 4) is 0 Å². The number of carbonyl (C=O) groups is 1. The van der Waals surface area contributed by atoms with Crippen LogP contribution in [-0.2, 0) is 6.42 Å². The number of anilines is 1. The van der Waals surface area contributed by atoms with Crippen molar-refractivity contribution in [2.45, 2.75) is 26.2 Å². The van der Waals surface area contributed by atoms with Gasteiger partial charge in [0.15, 0.2) is 0 Å². The first-order valence-corrected chi connectivity index (χ1v) is 6.94. The molecular weight excluding hydrogens is 274 g/mol. The Hall–Kier alpha value is -1.94. The third-order valence-electron chi connectivity index (χ3n) is 2.87. The second-order valence-electron chi connectivity index (χ2n) is 4.48. The molecule has 0 saturated heterocycles. The minimum atomic E-state index is -0.318. The standard InChI is InChI=1S/C15H16ClN3O/c1-2-3-4-11-5-7-12(8-6-11)18-15(20)13-9-17-10-14(16)19-13/h5-10H,2-4H2,1H3,(H,18,20). The zero-order valence-electron chi connectivity index (χ0n) is 11.3. The Bertz CT molecular complexity index is 584. The van der Waals surface area contributed by atoms with Crippen LogP contribution in [0.1, 0.15) is 35.8 Å². The van der Waals surface area contributed by atoms with E-state index in [-0.39, 0.29) is 16.8 Å². The first kappa shape index (κ1) is 14.5. The van der Waals surface area contributed by atoms with Gasteiger partial charge in [-0.3, -0.25) is 9.78 Å². The maximum absolute atomic E-state index is 12.0. The number of carbonyl (C=O) groups excluding carboxylic acids is 1.